The van der Waals surface area contributed by atoms with Gasteiger partial charge in [0.1, 0.15) is 5.50 Å². The van der Waals surface area contributed by atoms with Gasteiger partial charge in [0.2, 0.25) is 0 Å². The van der Waals surface area contributed by atoms with Gasteiger partial charge in [-0.05, 0) is 61.9 Å². The Hall–Kier alpha value is -2.36. The highest BCUT2D eigenvalue weighted by molar-refractivity contribution is 6.30. The first kappa shape index (κ1) is 25.3. The summed E-state index contributed by atoms with van der Waals surface area (Å²) in [6, 6.07) is 16.6. The predicted octanol–water partition coefficient (Wildman–Crippen LogP) is 8.01. The number of hydrogen-bond acceptors (Lipinski definition) is 3. The summed E-state index contributed by atoms with van der Waals surface area (Å²) in [5.74, 6) is 0. The molecule has 3 unspecified atom stereocenters. The molecule has 3 rings (SSSR count). The standard InChI is InChI=1S/C29H37ClN2O/c1-6-9-15-23-24-20-22(29(5,33)28(4,7-2)18-19-31-8-3)16-17-25(24)32-27(30)26(23)21-13-11-10-12-14-21/h8,10-14,16-20,27,32-33H,6-7,9,15H2,1-5H3/b19-18-,31-8?. The average molecular weight is 465 g/mol. The molecule has 0 radical (unpaired) electrons. The van der Waals surface area contributed by atoms with Gasteiger partial charge < -0.3 is 10.4 Å². The molecule has 0 saturated heterocycles. The first-order chi connectivity index (χ1) is 15.8. The number of nitrogens with zero attached hydrogens (tertiary/aromatic N) is 1. The van der Waals surface area contributed by atoms with Crippen molar-refractivity contribution in [3.05, 3.63) is 77.5 Å². The summed E-state index contributed by atoms with van der Waals surface area (Å²) in [6.45, 7) is 10.2. The lowest BCUT2D eigenvalue weighted by molar-refractivity contribution is -0.0424. The third-order valence-electron chi connectivity index (χ3n) is 7.16. The normalized spacial score (nSPS) is 19.9. The molecule has 0 amide bonds. The van der Waals surface area contributed by atoms with Gasteiger partial charge in [-0.2, -0.15) is 0 Å². The van der Waals surface area contributed by atoms with Crippen molar-refractivity contribution in [3.63, 3.8) is 0 Å². The van der Waals surface area contributed by atoms with Gasteiger partial charge in [0.25, 0.3) is 0 Å². The average Bonchev–Trinajstić information content (AvgIpc) is 2.82. The molecule has 1 aliphatic heterocycles. The lowest BCUT2D eigenvalue weighted by Crippen LogP contribution is -2.40. The Morgan fingerprint density at radius 2 is 1.85 bits per heavy atom. The second-order valence-corrected chi connectivity index (χ2v) is 9.63. The van der Waals surface area contributed by atoms with Crippen LogP contribution in [-0.2, 0) is 5.60 Å². The third-order valence-corrected chi connectivity index (χ3v) is 7.48. The van der Waals surface area contributed by atoms with Gasteiger partial charge in [-0.25, -0.2) is 0 Å². The molecule has 3 atom stereocenters. The number of nitrogens with one attached hydrogen (secondary N) is 1. The van der Waals surface area contributed by atoms with Crippen molar-refractivity contribution in [3.8, 4) is 0 Å². The second kappa shape index (κ2) is 10.7. The Bertz CT molecular complexity index is 1040. The zero-order chi connectivity index (χ0) is 24.1. The summed E-state index contributed by atoms with van der Waals surface area (Å²) in [5, 5.41) is 15.3. The van der Waals surface area contributed by atoms with Gasteiger partial charge in [0.05, 0.1) is 5.60 Å². The van der Waals surface area contributed by atoms with Crippen LogP contribution >= 0.6 is 11.6 Å². The van der Waals surface area contributed by atoms with Crippen molar-refractivity contribution >= 4 is 34.6 Å². The van der Waals surface area contributed by atoms with Crippen LogP contribution in [0.25, 0.3) is 11.1 Å². The summed E-state index contributed by atoms with van der Waals surface area (Å²) in [5.41, 5.74) is 4.73. The van der Waals surface area contributed by atoms with E-state index in [4.69, 9.17) is 11.6 Å². The molecule has 2 N–H and O–H groups in total. The first-order valence-electron chi connectivity index (χ1n) is 12.0. The van der Waals surface area contributed by atoms with Crippen LogP contribution in [0.3, 0.4) is 0 Å². The molecular formula is C29H37ClN2O. The van der Waals surface area contributed by atoms with Crippen molar-refractivity contribution in [1.82, 2.24) is 0 Å². The SMILES string of the molecule is CC=N/C=C\C(C)(CC)C(C)(O)c1ccc2c(c1)C(CCCC)=C(c1ccccc1)C(Cl)N2. The minimum Gasteiger partial charge on any atom is -0.385 e. The smallest absolute Gasteiger partial charge is 0.128 e. The van der Waals surface area contributed by atoms with Crippen LogP contribution in [0.15, 0.2) is 65.8 Å². The number of aliphatic imine (C=N–C) groups is 1. The number of fused-ring (bicyclic) bond motifs is 1. The van der Waals surface area contributed by atoms with E-state index >= 15 is 0 Å². The number of benzene rings is 2. The van der Waals surface area contributed by atoms with Crippen molar-refractivity contribution in [2.45, 2.75) is 71.4 Å². The Labute approximate surface area is 204 Å². The van der Waals surface area contributed by atoms with Gasteiger partial charge in [-0.1, -0.05) is 81.3 Å². The van der Waals surface area contributed by atoms with E-state index in [1.807, 2.05) is 32.1 Å². The van der Waals surface area contributed by atoms with E-state index in [0.29, 0.717) is 0 Å². The summed E-state index contributed by atoms with van der Waals surface area (Å²) in [7, 11) is 0. The number of aliphatic hydroxyl groups is 1. The lowest BCUT2D eigenvalue weighted by Gasteiger charge is -2.41. The minimum atomic E-state index is -1.07. The molecule has 3 nitrogen and oxygen atoms in total. The van der Waals surface area contributed by atoms with E-state index in [9.17, 15) is 5.11 Å². The fourth-order valence-electron chi connectivity index (χ4n) is 4.54. The summed E-state index contributed by atoms with van der Waals surface area (Å²) in [6.07, 6.45) is 9.47. The van der Waals surface area contributed by atoms with Gasteiger partial charge in [-0.15, -0.1) is 0 Å². The molecule has 2 aromatic rings. The number of allylic oxidation sites excluding steroid dienone is 1. The zero-order valence-electron chi connectivity index (χ0n) is 20.5. The Morgan fingerprint density at radius 1 is 1.12 bits per heavy atom. The van der Waals surface area contributed by atoms with Gasteiger partial charge >= 0.3 is 0 Å². The number of rotatable bonds is 9. The van der Waals surface area contributed by atoms with Crippen molar-refractivity contribution in [2.75, 3.05) is 5.32 Å². The largest absolute Gasteiger partial charge is 0.385 e. The molecule has 0 aromatic heterocycles. The number of halogens is 1. The molecular weight excluding hydrogens is 428 g/mol. The number of unbranched alkanes of at least 4 members (excludes halogenated alkanes) is 1. The first-order valence-corrected chi connectivity index (χ1v) is 12.4. The molecule has 4 heteroatoms. The maximum Gasteiger partial charge on any atom is 0.128 e. The molecule has 0 aliphatic carbocycles. The van der Waals surface area contributed by atoms with Crippen molar-refractivity contribution in [1.29, 1.82) is 0 Å². The van der Waals surface area contributed by atoms with Crippen LogP contribution < -0.4 is 5.32 Å². The van der Waals surface area contributed by atoms with E-state index in [1.54, 1.807) is 12.4 Å². The van der Waals surface area contributed by atoms with E-state index in [1.165, 1.54) is 5.57 Å². The molecule has 2 aromatic carbocycles. The monoisotopic (exact) mass is 464 g/mol. The highest BCUT2D eigenvalue weighted by Gasteiger charge is 2.42. The highest BCUT2D eigenvalue weighted by Crippen LogP contribution is 2.47. The van der Waals surface area contributed by atoms with Crippen LogP contribution in [0.1, 0.15) is 77.0 Å². The topological polar surface area (TPSA) is 44.6 Å². The molecule has 0 spiro atoms. The molecule has 0 bridgehead atoms. The summed E-state index contributed by atoms with van der Waals surface area (Å²) < 4.78 is 0. The van der Waals surface area contributed by atoms with E-state index < -0.39 is 11.0 Å². The fourth-order valence-corrected chi connectivity index (χ4v) is 4.91. The molecule has 0 fully saturated rings. The predicted molar refractivity (Wildman–Crippen MR) is 144 cm³/mol. The highest BCUT2D eigenvalue weighted by atomic mass is 35.5. The van der Waals surface area contributed by atoms with Gasteiger partial charge in [0, 0.05) is 34.7 Å². The zero-order valence-corrected chi connectivity index (χ0v) is 21.3. The summed E-state index contributed by atoms with van der Waals surface area (Å²) >= 11 is 6.87. The number of anilines is 1. The Morgan fingerprint density at radius 3 is 2.48 bits per heavy atom. The Kier molecular flexibility index (Phi) is 8.20. The number of hydrogen-bond donors (Lipinski definition) is 2. The molecule has 1 aliphatic rings. The molecule has 33 heavy (non-hydrogen) atoms. The molecule has 176 valence electrons. The maximum atomic E-state index is 11.8. The van der Waals surface area contributed by atoms with E-state index in [-0.39, 0.29) is 5.50 Å². The van der Waals surface area contributed by atoms with Crippen LogP contribution in [0.2, 0.25) is 0 Å². The Balaban J connectivity index is 2.17. The van der Waals surface area contributed by atoms with E-state index in [2.05, 4.69) is 67.5 Å². The fraction of sp³-hybridized carbons (Fsp3) is 0.414. The third kappa shape index (κ3) is 5.10. The second-order valence-electron chi connectivity index (χ2n) is 9.20. The molecule has 1 heterocycles. The lowest BCUT2D eigenvalue weighted by atomic mass is 9.68. The van der Waals surface area contributed by atoms with Gasteiger partial charge in [0.15, 0.2) is 0 Å². The van der Waals surface area contributed by atoms with E-state index in [0.717, 1.165) is 53.6 Å². The van der Waals surface area contributed by atoms with Crippen molar-refractivity contribution in [2.24, 2.45) is 10.4 Å². The van der Waals surface area contributed by atoms with Crippen LogP contribution in [0, 0.1) is 5.41 Å². The number of alkyl halides is 1. The van der Waals surface area contributed by atoms with Gasteiger partial charge in [-0.3, -0.25) is 4.99 Å². The minimum absolute atomic E-state index is 0.297. The van der Waals surface area contributed by atoms with Crippen LogP contribution in [0.4, 0.5) is 5.69 Å². The molecule has 0 saturated carbocycles. The maximum absolute atomic E-state index is 11.8. The quantitative estimate of drug-likeness (QED) is 0.224. The van der Waals surface area contributed by atoms with Crippen molar-refractivity contribution < 1.29 is 5.11 Å². The van der Waals surface area contributed by atoms with Crippen LogP contribution in [0.5, 0.6) is 0 Å². The summed E-state index contributed by atoms with van der Waals surface area (Å²) in [4.78, 5) is 4.23. The van der Waals surface area contributed by atoms with Crippen LogP contribution in [-0.4, -0.2) is 16.8 Å².